The lowest BCUT2D eigenvalue weighted by atomic mass is 10.1. The smallest absolute Gasteiger partial charge is 0.180 e. The number of hydrogen-bond acceptors (Lipinski definition) is 8. The van der Waals surface area contributed by atoms with Crippen LogP contribution in [0.2, 0.25) is 5.02 Å². The lowest BCUT2D eigenvalue weighted by molar-refractivity contribution is 0.0342. The summed E-state index contributed by atoms with van der Waals surface area (Å²) < 4.78 is 10.7. The van der Waals surface area contributed by atoms with Crippen LogP contribution in [0.3, 0.4) is 0 Å². The van der Waals surface area contributed by atoms with Crippen molar-refractivity contribution in [2.24, 2.45) is 0 Å². The summed E-state index contributed by atoms with van der Waals surface area (Å²) in [6.07, 6.45) is 1.71. The van der Waals surface area contributed by atoms with Gasteiger partial charge in [-0.15, -0.1) is 0 Å². The average Bonchev–Trinajstić information content (AvgIpc) is 3.52. The van der Waals surface area contributed by atoms with E-state index in [4.69, 9.17) is 25.8 Å². The molecule has 0 radical (unpaired) electrons. The summed E-state index contributed by atoms with van der Waals surface area (Å²) in [5, 5.41) is 4.77. The molecule has 1 aromatic carbocycles. The zero-order chi connectivity index (χ0) is 24.5. The zero-order valence-corrected chi connectivity index (χ0v) is 21.2. The van der Waals surface area contributed by atoms with Gasteiger partial charge in [0.2, 0.25) is 0 Å². The number of ether oxygens (including phenoxy) is 1. The largest absolute Gasteiger partial charge is 0.379 e. The maximum absolute atomic E-state index is 6.67. The summed E-state index contributed by atoms with van der Waals surface area (Å²) in [5.41, 5.74) is 5.84. The van der Waals surface area contributed by atoms with Crippen LogP contribution in [0.15, 0.2) is 41.1 Å². The fraction of sp³-hybridized carbons (Fsp3) is 0.423. The molecule has 1 N–H and O–H groups in total. The first kappa shape index (κ1) is 23.4. The van der Waals surface area contributed by atoms with Crippen molar-refractivity contribution in [1.82, 2.24) is 29.9 Å². The summed E-state index contributed by atoms with van der Waals surface area (Å²) in [6.45, 7) is 10.8. The van der Waals surface area contributed by atoms with Gasteiger partial charge in [-0.2, -0.15) is 0 Å². The number of nitrogens with one attached hydrogen (secondary N) is 1. The Morgan fingerprint density at radius 1 is 0.972 bits per heavy atom. The van der Waals surface area contributed by atoms with Crippen LogP contribution >= 0.6 is 11.6 Å². The molecule has 6 rings (SSSR count). The van der Waals surface area contributed by atoms with Crippen LogP contribution in [-0.4, -0.2) is 82.4 Å². The molecule has 0 aliphatic carbocycles. The van der Waals surface area contributed by atoms with Crippen molar-refractivity contribution in [3.05, 3.63) is 58.6 Å². The van der Waals surface area contributed by atoms with Gasteiger partial charge in [-0.25, -0.2) is 9.97 Å². The second-order valence-corrected chi connectivity index (χ2v) is 9.92. The molecule has 36 heavy (non-hydrogen) atoms. The number of aromatic amines is 1. The van der Waals surface area contributed by atoms with Crippen LogP contribution < -0.4 is 4.90 Å². The summed E-state index contributed by atoms with van der Waals surface area (Å²) in [4.78, 5) is 19.9. The molecule has 9 nitrogen and oxygen atoms in total. The number of halogens is 1. The van der Waals surface area contributed by atoms with Crippen LogP contribution in [0.4, 0.5) is 5.69 Å². The molecule has 5 heterocycles. The van der Waals surface area contributed by atoms with Gasteiger partial charge in [0.15, 0.2) is 5.65 Å². The van der Waals surface area contributed by atoms with E-state index >= 15 is 0 Å². The maximum Gasteiger partial charge on any atom is 0.180 e. The molecule has 2 aliphatic heterocycles. The van der Waals surface area contributed by atoms with Gasteiger partial charge in [0.25, 0.3) is 0 Å². The molecule has 10 heteroatoms. The normalized spacial score (nSPS) is 17.8. The predicted octanol–water partition coefficient (Wildman–Crippen LogP) is 3.73. The van der Waals surface area contributed by atoms with Gasteiger partial charge in [-0.05, 0) is 12.5 Å². The quantitative estimate of drug-likeness (QED) is 0.422. The molecule has 0 unspecified atom stereocenters. The Balaban J connectivity index is 1.18. The molecular weight excluding hydrogens is 478 g/mol. The Labute approximate surface area is 215 Å². The Kier molecular flexibility index (Phi) is 6.62. The van der Waals surface area contributed by atoms with Gasteiger partial charge in [-0.1, -0.05) is 41.0 Å². The number of rotatable bonds is 6. The topological polar surface area (TPSA) is 86.5 Å². The number of pyridine rings is 1. The first-order valence-electron chi connectivity index (χ1n) is 12.5. The SMILES string of the molecule is Cc1cc(CN2CCN(c3c(Cl)cnc4nc(-c5ccc(CN6CCOCC6)cc5)[nH]c34)CC2)no1. The van der Waals surface area contributed by atoms with Crippen LogP contribution in [0.25, 0.3) is 22.6 Å². The molecule has 188 valence electrons. The molecule has 2 aliphatic rings. The van der Waals surface area contributed by atoms with E-state index in [0.717, 1.165) is 99.6 Å². The predicted molar refractivity (Wildman–Crippen MR) is 139 cm³/mol. The fourth-order valence-electron chi connectivity index (χ4n) is 5.00. The number of imidazole rings is 1. The van der Waals surface area contributed by atoms with Crippen LogP contribution in [0.1, 0.15) is 17.0 Å². The summed E-state index contributed by atoms with van der Waals surface area (Å²) in [5.74, 6) is 1.65. The third-order valence-electron chi connectivity index (χ3n) is 6.94. The molecule has 0 atom stereocenters. The second-order valence-electron chi connectivity index (χ2n) is 9.52. The number of aromatic nitrogens is 4. The van der Waals surface area contributed by atoms with Crippen molar-refractivity contribution in [2.45, 2.75) is 20.0 Å². The van der Waals surface area contributed by atoms with E-state index in [1.165, 1.54) is 5.56 Å². The Bertz CT molecular complexity index is 1320. The molecule has 0 saturated carbocycles. The number of nitrogens with zero attached hydrogens (tertiary/aromatic N) is 6. The minimum atomic E-state index is 0.638. The van der Waals surface area contributed by atoms with E-state index in [9.17, 15) is 0 Å². The van der Waals surface area contributed by atoms with Gasteiger partial charge in [-0.3, -0.25) is 9.80 Å². The monoisotopic (exact) mass is 507 g/mol. The van der Waals surface area contributed by atoms with Crippen LogP contribution in [0.5, 0.6) is 0 Å². The maximum atomic E-state index is 6.67. The fourth-order valence-corrected chi connectivity index (χ4v) is 5.27. The number of H-pyrrole nitrogens is 1. The summed E-state index contributed by atoms with van der Waals surface area (Å²) in [6, 6.07) is 10.6. The molecule has 2 fully saturated rings. The van der Waals surface area contributed by atoms with Crippen LogP contribution in [0, 0.1) is 6.92 Å². The number of benzene rings is 1. The molecular formula is C26H30ClN7O2. The second kappa shape index (κ2) is 10.2. The first-order valence-corrected chi connectivity index (χ1v) is 12.8. The van der Waals surface area contributed by atoms with Crippen molar-refractivity contribution in [1.29, 1.82) is 0 Å². The number of aryl methyl sites for hydroxylation is 1. The van der Waals surface area contributed by atoms with E-state index in [-0.39, 0.29) is 0 Å². The minimum absolute atomic E-state index is 0.638. The molecule has 0 amide bonds. The van der Waals surface area contributed by atoms with Gasteiger partial charge < -0.3 is 19.1 Å². The van der Waals surface area contributed by atoms with Gasteiger partial charge in [0.1, 0.15) is 17.1 Å². The first-order chi connectivity index (χ1) is 17.6. The third kappa shape index (κ3) is 4.97. The molecule has 0 bridgehead atoms. The van der Waals surface area contributed by atoms with E-state index < -0.39 is 0 Å². The summed E-state index contributed by atoms with van der Waals surface area (Å²) >= 11 is 6.67. The van der Waals surface area contributed by atoms with Crippen molar-refractivity contribution in [2.75, 3.05) is 57.4 Å². The number of anilines is 1. The van der Waals surface area contributed by atoms with Gasteiger partial charge in [0.05, 0.1) is 35.8 Å². The molecule has 2 saturated heterocycles. The Morgan fingerprint density at radius 2 is 1.72 bits per heavy atom. The zero-order valence-electron chi connectivity index (χ0n) is 20.4. The highest BCUT2D eigenvalue weighted by atomic mass is 35.5. The van der Waals surface area contributed by atoms with E-state index in [1.807, 2.05) is 13.0 Å². The van der Waals surface area contributed by atoms with Crippen molar-refractivity contribution < 1.29 is 9.26 Å². The van der Waals surface area contributed by atoms with Gasteiger partial charge in [0, 0.05) is 64.0 Å². The minimum Gasteiger partial charge on any atom is -0.379 e. The highest BCUT2D eigenvalue weighted by molar-refractivity contribution is 6.34. The van der Waals surface area contributed by atoms with E-state index in [1.54, 1.807) is 6.20 Å². The lowest BCUT2D eigenvalue weighted by Gasteiger charge is -2.36. The standard InChI is InChI=1S/C26H30ClN7O2/c1-18-14-21(31-36-18)17-32-6-8-34(9-7-32)24-22(27)15-28-26-23(24)29-25(30-26)20-4-2-19(3-5-20)16-33-10-12-35-13-11-33/h2-5,14-15H,6-13,16-17H2,1H3,(H,28,29,30). The lowest BCUT2D eigenvalue weighted by Crippen LogP contribution is -2.46. The van der Waals surface area contributed by atoms with E-state index in [0.29, 0.717) is 10.7 Å². The van der Waals surface area contributed by atoms with Gasteiger partial charge >= 0.3 is 0 Å². The van der Waals surface area contributed by atoms with Crippen molar-refractivity contribution >= 4 is 28.5 Å². The number of hydrogen-bond donors (Lipinski definition) is 1. The third-order valence-corrected chi connectivity index (χ3v) is 7.21. The molecule has 3 aromatic heterocycles. The Hall–Kier alpha value is -2.98. The Morgan fingerprint density at radius 3 is 2.44 bits per heavy atom. The molecule has 4 aromatic rings. The highest BCUT2D eigenvalue weighted by Crippen LogP contribution is 2.34. The van der Waals surface area contributed by atoms with Crippen molar-refractivity contribution in [3.63, 3.8) is 0 Å². The van der Waals surface area contributed by atoms with Crippen LogP contribution in [-0.2, 0) is 17.8 Å². The average molecular weight is 508 g/mol. The van der Waals surface area contributed by atoms with E-state index in [2.05, 4.69) is 54.1 Å². The highest BCUT2D eigenvalue weighted by Gasteiger charge is 2.24. The molecule has 0 spiro atoms. The number of fused-ring (bicyclic) bond motifs is 1. The number of morpholine rings is 1. The summed E-state index contributed by atoms with van der Waals surface area (Å²) in [7, 11) is 0. The number of piperazine rings is 1. The van der Waals surface area contributed by atoms with Crippen molar-refractivity contribution in [3.8, 4) is 11.4 Å².